The average Bonchev–Trinajstić information content (AvgIpc) is 2.61. The SMILES string of the molecule is CCC1NC(CC(C)C)N(CCCCOC)C1=O. The molecule has 0 saturated carbocycles. The molecule has 1 N–H and O–H groups in total. The van der Waals surface area contributed by atoms with Crippen molar-refractivity contribution in [2.75, 3.05) is 20.3 Å². The number of unbranched alkanes of at least 4 members (excludes halogenated alkanes) is 1. The third kappa shape index (κ3) is 4.25. The number of hydrogen-bond donors (Lipinski definition) is 1. The van der Waals surface area contributed by atoms with Crippen molar-refractivity contribution in [3.8, 4) is 0 Å². The van der Waals surface area contributed by atoms with Gasteiger partial charge in [-0.25, -0.2) is 0 Å². The van der Waals surface area contributed by atoms with Crippen LogP contribution in [0.25, 0.3) is 0 Å². The molecule has 106 valence electrons. The lowest BCUT2D eigenvalue weighted by Crippen LogP contribution is -2.39. The molecule has 1 heterocycles. The van der Waals surface area contributed by atoms with Crippen molar-refractivity contribution < 1.29 is 9.53 Å². The van der Waals surface area contributed by atoms with Gasteiger partial charge in [-0.05, 0) is 31.6 Å². The molecule has 18 heavy (non-hydrogen) atoms. The normalized spacial score (nSPS) is 24.3. The topological polar surface area (TPSA) is 41.6 Å². The highest BCUT2D eigenvalue weighted by Crippen LogP contribution is 2.19. The van der Waals surface area contributed by atoms with Gasteiger partial charge in [-0.15, -0.1) is 0 Å². The first kappa shape index (κ1) is 15.4. The van der Waals surface area contributed by atoms with E-state index >= 15 is 0 Å². The Balaban J connectivity index is 2.49. The van der Waals surface area contributed by atoms with Crippen molar-refractivity contribution in [2.45, 2.75) is 58.7 Å². The van der Waals surface area contributed by atoms with E-state index in [-0.39, 0.29) is 18.1 Å². The fraction of sp³-hybridized carbons (Fsp3) is 0.929. The van der Waals surface area contributed by atoms with E-state index in [1.54, 1.807) is 7.11 Å². The van der Waals surface area contributed by atoms with Crippen LogP contribution in [-0.4, -0.2) is 43.3 Å². The van der Waals surface area contributed by atoms with Crippen molar-refractivity contribution in [3.63, 3.8) is 0 Å². The van der Waals surface area contributed by atoms with Crippen LogP contribution in [0.4, 0.5) is 0 Å². The molecular weight excluding hydrogens is 228 g/mol. The number of carbonyl (C=O) groups is 1. The largest absolute Gasteiger partial charge is 0.385 e. The molecule has 0 aromatic heterocycles. The van der Waals surface area contributed by atoms with Crippen molar-refractivity contribution in [1.29, 1.82) is 0 Å². The molecular formula is C14H28N2O2. The fourth-order valence-corrected chi connectivity index (χ4v) is 2.48. The van der Waals surface area contributed by atoms with Gasteiger partial charge in [0.1, 0.15) is 0 Å². The lowest BCUT2D eigenvalue weighted by Gasteiger charge is -2.25. The Hall–Kier alpha value is -0.610. The van der Waals surface area contributed by atoms with Crippen LogP contribution in [0.3, 0.4) is 0 Å². The van der Waals surface area contributed by atoms with Gasteiger partial charge in [-0.3, -0.25) is 10.1 Å². The van der Waals surface area contributed by atoms with Gasteiger partial charge >= 0.3 is 0 Å². The molecule has 0 aliphatic carbocycles. The second-order valence-electron chi connectivity index (χ2n) is 5.50. The lowest BCUT2D eigenvalue weighted by atomic mass is 10.1. The van der Waals surface area contributed by atoms with Crippen LogP contribution in [0.15, 0.2) is 0 Å². The Kier molecular flexibility index (Phi) is 6.65. The maximum absolute atomic E-state index is 12.2. The first-order chi connectivity index (χ1) is 8.60. The average molecular weight is 256 g/mol. The number of amides is 1. The summed E-state index contributed by atoms with van der Waals surface area (Å²) in [6.45, 7) is 8.10. The Morgan fingerprint density at radius 3 is 2.67 bits per heavy atom. The van der Waals surface area contributed by atoms with Crippen LogP contribution in [0.2, 0.25) is 0 Å². The van der Waals surface area contributed by atoms with Crippen LogP contribution >= 0.6 is 0 Å². The van der Waals surface area contributed by atoms with Crippen LogP contribution in [-0.2, 0) is 9.53 Å². The monoisotopic (exact) mass is 256 g/mol. The van der Waals surface area contributed by atoms with E-state index in [1.807, 2.05) is 4.90 Å². The maximum Gasteiger partial charge on any atom is 0.241 e. The molecule has 0 spiro atoms. The van der Waals surface area contributed by atoms with E-state index in [2.05, 4.69) is 26.1 Å². The second kappa shape index (κ2) is 7.74. The third-order valence-corrected chi connectivity index (χ3v) is 3.45. The zero-order chi connectivity index (χ0) is 13.5. The molecule has 0 aromatic carbocycles. The predicted molar refractivity (Wildman–Crippen MR) is 73.3 cm³/mol. The maximum atomic E-state index is 12.2. The highest BCUT2D eigenvalue weighted by Gasteiger charge is 2.37. The van der Waals surface area contributed by atoms with Gasteiger partial charge in [0.25, 0.3) is 0 Å². The number of methoxy groups -OCH3 is 1. The van der Waals surface area contributed by atoms with E-state index in [9.17, 15) is 4.79 Å². The van der Waals surface area contributed by atoms with Crippen molar-refractivity contribution in [2.24, 2.45) is 5.92 Å². The number of carbonyl (C=O) groups excluding carboxylic acids is 1. The summed E-state index contributed by atoms with van der Waals surface area (Å²) >= 11 is 0. The first-order valence-corrected chi connectivity index (χ1v) is 7.15. The molecule has 1 fully saturated rings. The first-order valence-electron chi connectivity index (χ1n) is 7.15. The van der Waals surface area contributed by atoms with E-state index in [0.717, 1.165) is 38.8 Å². The van der Waals surface area contributed by atoms with Gasteiger partial charge < -0.3 is 9.64 Å². The molecule has 1 rings (SSSR count). The quantitative estimate of drug-likeness (QED) is 0.675. The highest BCUT2D eigenvalue weighted by atomic mass is 16.5. The molecule has 1 aliphatic rings. The van der Waals surface area contributed by atoms with Gasteiger partial charge in [0.15, 0.2) is 0 Å². The van der Waals surface area contributed by atoms with E-state index in [1.165, 1.54) is 0 Å². The Bertz CT molecular complexity index is 256. The third-order valence-electron chi connectivity index (χ3n) is 3.45. The van der Waals surface area contributed by atoms with Gasteiger partial charge in [0.2, 0.25) is 5.91 Å². The minimum absolute atomic E-state index is 0.0242. The molecule has 0 aromatic rings. The summed E-state index contributed by atoms with van der Waals surface area (Å²) in [4.78, 5) is 14.3. The molecule has 1 amide bonds. The van der Waals surface area contributed by atoms with Crippen LogP contribution in [0.1, 0.15) is 46.5 Å². The highest BCUT2D eigenvalue weighted by molar-refractivity contribution is 5.84. The summed E-state index contributed by atoms with van der Waals surface area (Å²) in [6, 6.07) is 0.0242. The lowest BCUT2D eigenvalue weighted by molar-refractivity contribution is -0.130. The Morgan fingerprint density at radius 2 is 2.11 bits per heavy atom. The van der Waals surface area contributed by atoms with E-state index in [4.69, 9.17) is 4.74 Å². The standard InChI is InChI=1S/C14H28N2O2/c1-5-12-14(17)16(8-6-7-9-18-4)13(15-12)10-11(2)3/h11-13,15H,5-10H2,1-4H3. The predicted octanol–water partition coefficient (Wildman–Crippen LogP) is 2.00. The van der Waals surface area contributed by atoms with E-state index < -0.39 is 0 Å². The number of ether oxygens (including phenoxy) is 1. The van der Waals surface area contributed by atoms with Crippen LogP contribution < -0.4 is 5.32 Å². The van der Waals surface area contributed by atoms with Gasteiger partial charge in [0.05, 0.1) is 12.2 Å². The smallest absolute Gasteiger partial charge is 0.241 e. The second-order valence-corrected chi connectivity index (χ2v) is 5.50. The van der Waals surface area contributed by atoms with Crippen molar-refractivity contribution >= 4 is 5.91 Å². The summed E-state index contributed by atoms with van der Waals surface area (Å²) in [7, 11) is 1.72. The van der Waals surface area contributed by atoms with Gasteiger partial charge in [-0.2, -0.15) is 0 Å². The minimum Gasteiger partial charge on any atom is -0.385 e. The molecule has 4 nitrogen and oxygen atoms in total. The van der Waals surface area contributed by atoms with E-state index in [0.29, 0.717) is 5.92 Å². The number of nitrogens with one attached hydrogen (secondary N) is 1. The zero-order valence-electron chi connectivity index (χ0n) is 12.2. The molecule has 2 unspecified atom stereocenters. The summed E-state index contributed by atoms with van der Waals surface area (Å²) in [5.74, 6) is 0.882. The fourth-order valence-electron chi connectivity index (χ4n) is 2.48. The summed E-state index contributed by atoms with van der Waals surface area (Å²) < 4.78 is 5.05. The molecule has 1 saturated heterocycles. The zero-order valence-corrected chi connectivity index (χ0v) is 12.2. The molecule has 2 atom stereocenters. The molecule has 0 radical (unpaired) electrons. The van der Waals surface area contributed by atoms with Crippen LogP contribution in [0, 0.1) is 5.92 Å². The minimum atomic E-state index is 0.0242. The van der Waals surface area contributed by atoms with Gasteiger partial charge in [0, 0.05) is 20.3 Å². The Morgan fingerprint density at radius 1 is 1.39 bits per heavy atom. The van der Waals surface area contributed by atoms with Crippen molar-refractivity contribution in [3.05, 3.63) is 0 Å². The number of nitrogens with zero attached hydrogens (tertiary/aromatic N) is 1. The number of rotatable bonds is 8. The summed E-state index contributed by atoms with van der Waals surface area (Å²) in [5.41, 5.74) is 0. The molecule has 4 heteroatoms. The molecule has 1 aliphatic heterocycles. The molecule has 0 bridgehead atoms. The summed E-state index contributed by atoms with van der Waals surface area (Å²) in [5, 5.41) is 3.46. The van der Waals surface area contributed by atoms with Crippen molar-refractivity contribution in [1.82, 2.24) is 10.2 Å². The van der Waals surface area contributed by atoms with Crippen LogP contribution in [0.5, 0.6) is 0 Å². The summed E-state index contributed by atoms with van der Waals surface area (Å²) in [6.07, 6.45) is 4.18. The number of hydrogen-bond acceptors (Lipinski definition) is 3. The van der Waals surface area contributed by atoms with Gasteiger partial charge in [-0.1, -0.05) is 20.8 Å². The Labute approximate surface area is 111 Å².